The standard InChI is InChI=1S/C22H21F3N2O3/c23-22(24,25)17-3-4-19(27-8-11-29-12-9-27)18(14-17)26-21(28)6-2-15-1-5-20-16(13-15)7-10-30-20/h1-6,13-14H,7-12H2,(H,26,28)/b6-2+. The van der Waals surface area contributed by atoms with Gasteiger partial charge in [-0.05, 0) is 47.5 Å². The number of rotatable bonds is 4. The minimum Gasteiger partial charge on any atom is -0.493 e. The summed E-state index contributed by atoms with van der Waals surface area (Å²) in [6.45, 7) is 2.69. The lowest BCUT2D eigenvalue weighted by Gasteiger charge is -2.30. The summed E-state index contributed by atoms with van der Waals surface area (Å²) in [6, 6.07) is 9.02. The van der Waals surface area contributed by atoms with Crippen molar-refractivity contribution >= 4 is 23.4 Å². The fraction of sp³-hybridized carbons (Fsp3) is 0.318. The van der Waals surface area contributed by atoms with E-state index in [0.29, 0.717) is 38.6 Å². The maximum absolute atomic E-state index is 13.2. The van der Waals surface area contributed by atoms with E-state index in [1.807, 2.05) is 23.1 Å². The highest BCUT2D eigenvalue weighted by atomic mass is 19.4. The first kappa shape index (κ1) is 20.3. The number of hydrogen-bond acceptors (Lipinski definition) is 4. The summed E-state index contributed by atoms with van der Waals surface area (Å²) in [5.41, 5.74) is 1.76. The molecule has 8 heteroatoms. The van der Waals surface area contributed by atoms with Crippen molar-refractivity contribution < 1.29 is 27.4 Å². The van der Waals surface area contributed by atoms with Crippen LogP contribution in [0.5, 0.6) is 5.75 Å². The topological polar surface area (TPSA) is 50.8 Å². The molecule has 0 unspecified atom stereocenters. The van der Waals surface area contributed by atoms with Gasteiger partial charge in [0.1, 0.15) is 5.75 Å². The van der Waals surface area contributed by atoms with Crippen LogP contribution in [0.3, 0.4) is 0 Å². The second-order valence-electron chi connectivity index (χ2n) is 7.12. The molecule has 0 radical (unpaired) electrons. The Kier molecular flexibility index (Phi) is 5.67. The van der Waals surface area contributed by atoms with E-state index >= 15 is 0 Å². The number of ether oxygens (including phenoxy) is 2. The number of fused-ring (bicyclic) bond motifs is 1. The lowest BCUT2D eigenvalue weighted by molar-refractivity contribution is -0.137. The number of carbonyl (C=O) groups is 1. The Hall–Kier alpha value is -3.00. The van der Waals surface area contributed by atoms with Crippen LogP contribution in [0.2, 0.25) is 0 Å². The molecule has 0 atom stereocenters. The zero-order chi connectivity index (χ0) is 21.1. The van der Waals surface area contributed by atoms with Crippen LogP contribution in [0.4, 0.5) is 24.5 Å². The number of morpholine rings is 1. The van der Waals surface area contributed by atoms with Crippen molar-refractivity contribution in [1.82, 2.24) is 0 Å². The predicted molar refractivity (Wildman–Crippen MR) is 108 cm³/mol. The molecule has 2 aliphatic heterocycles. The van der Waals surface area contributed by atoms with Gasteiger partial charge in [0, 0.05) is 25.6 Å². The van der Waals surface area contributed by atoms with Gasteiger partial charge in [-0.1, -0.05) is 6.07 Å². The summed E-state index contributed by atoms with van der Waals surface area (Å²) >= 11 is 0. The number of hydrogen-bond donors (Lipinski definition) is 1. The van der Waals surface area contributed by atoms with Gasteiger partial charge in [-0.2, -0.15) is 13.2 Å². The zero-order valence-electron chi connectivity index (χ0n) is 16.2. The maximum Gasteiger partial charge on any atom is 0.416 e. The molecule has 2 aromatic rings. The SMILES string of the molecule is O=C(/C=C/c1ccc2c(c1)CCO2)Nc1cc(C(F)(F)F)ccc1N1CCOCC1. The maximum atomic E-state index is 13.2. The minimum absolute atomic E-state index is 0.128. The lowest BCUT2D eigenvalue weighted by Crippen LogP contribution is -2.36. The van der Waals surface area contributed by atoms with Gasteiger partial charge in [-0.25, -0.2) is 0 Å². The van der Waals surface area contributed by atoms with Crippen LogP contribution < -0.4 is 15.0 Å². The molecule has 2 heterocycles. The zero-order valence-corrected chi connectivity index (χ0v) is 16.2. The highest BCUT2D eigenvalue weighted by Crippen LogP contribution is 2.36. The Morgan fingerprint density at radius 2 is 1.87 bits per heavy atom. The molecule has 1 amide bonds. The van der Waals surface area contributed by atoms with Crippen LogP contribution in [0.15, 0.2) is 42.5 Å². The van der Waals surface area contributed by atoms with Gasteiger partial charge in [0.15, 0.2) is 0 Å². The van der Waals surface area contributed by atoms with Crippen molar-refractivity contribution in [3.63, 3.8) is 0 Å². The summed E-state index contributed by atoms with van der Waals surface area (Å²) in [6.07, 6.45) is -0.724. The number of halogens is 3. The van der Waals surface area contributed by atoms with E-state index in [9.17, 15) is 18.0 Å². The first-order valence-electron chi connectivity index (χ1n) is 9.69. The quantitative estimate of drug-likeness (QED) is 0.759. The van der Waals surface area contributed by atoms with E-state index in [4.69, 9.17) is 9.47 Å². The van der Waals surface area contributed by atoms with Gasteiger partial charge in [0.25, 0.3) is 0 Å². The molecule has 158 valence electrons. The minimum atomic E-state index is -4.49. The highest BCUT2D eigenvalue weighted by molar-refractivity contribution is 6.04. The molecule has 0 aromatic heterocycles. The lowest BCUT2D eigenvalue weighted by atomic mass is 10.1. The van der Waals surface area contributed by atoms with Crippen LogP contribution in [0.25, 0.3) is 6.08 Å². The van der Waals surface area contributed by atoms with Crippen molar-refractivity contribution in [2.75, 3.05) is 43.1 Å². The van der Waals surface area contributed by atoms with Gasteiger partial charge >= 0.3 is 6.18 Å². The van der Waals surface area contributed by atoms with Crippen LogP contribution in [-0.4, -0.2) is 38.8 Å². The Morgan fingerprint density at radius 3 is 2.63 bits per heavy atom. The molecule has 0 saturated carbocycles. The predicted octanol–water partition coefficient (Wildman–Crippen LogP) is 4.13. The molecule has 0 bridgehead atoms. The number of benzene rings is 2. The second kappa shape index (κ2) is 8.39. The molecule has 2 aromatic carbocycles. The molecular formula is C22H21F3N2O3. The van der Waals surface area contributed by atoms with Gasteiger partial charge < -0.3 is 19.7 Å². The smallest absolute Gasteiger partial charge is 0.416 e. The number of alkyl halides is 3. The number of nitrogens with zero attached hydrogens (tertiary/aromatic N) is 1. The monoisotopic (exact) mass is 418 g/mol. The van der Waals surface area contributed by atoms with Crippen molar-refractivity contribution in [3.05, 3.63) is 59.2 Å². The fourth-order valence-corrected chi connectivity index (χ4v) is 3.55. The van der Waals surface area contributed by atoms with Crippen LogP contribution in [0.1, 0.15) is 16.7 Å². The van der Waals surface area contributed by atoms with E-state index in [1.165, 1.54) is 12.1 Å². The van der Waals surface area contributed by atoms with Gasteiger partial charge in [0.2, 0.25) is 5.91 Å². The molecule has 5 nitrogen and oxygen atoms in total. The van der Waals surface area contributed by atoms with E-state index in [0.717, 1.165) is 35.4 Å². The van der Waals surface area contributed by atoms with Crippen molar-refractivity contribution in [3.8, 4) is 5.75 Å². The molecule has 1 fully saturated rings. The molecule has 0 aliphatic carbocycles. The van der Waals surface area contributed by atoms with Crippen molar-refractivity contribution in [2.45, 2.75) is 12.6 Å². The number of carbonyl (C=O) groups excluding carboxylic acids is 1. The van der Waals surface area contributed by atoms with E-state index in [1.54, 1.807) is 6.08 Å². The Bertz CT molecular complexity index is 967. The highest BCUT2D eigenvalue weighted by Gasteiger charge is 2.31. The normalized spacial score (nSPS) is 16.4. The van der Waals surface area contributed by atoms with Gasteiger partial charge in [-0.3, -0.25) is 4.79 Å². The molecule has 2 aliphatic rings. The molecule has 4 rings (SSSR count). The summed E-state index contributed by atoms with van der Waals surface area (Å²) < 4.78 is 50.3. The van der Waals surface area contributed by atoms with Crippen LogP contribution in [0, 0.1) is 0 Å². The third-order valence-corrected chi connectivity index (χ3v) is 5.07. The summed E-state index contributed by atoms with van der Waals surface area (Å²) in [4.78, 5) is 14.4. The number of anilines is 2. The summed E-state index contributed by atoms with van der Waals surface area (Å²) in [5.74, 6) is 0.344. The average Bonchev–Trinajstić information content (AvgIpc) is 3.20. The average molecular weight is 418 g/mol. The first-order chi connectivity index (χ1) is 14.4. The first-order valence-corrected chi connectivity index (χ1v) is 9.69. The van der Waals surface area contributed by atoms with Crippen LogP contribution in [-0.2, 0) is 22.1 Å². The van der Waals surface area contributed by atoms with Crippen molar-refractivity contribution in [2.24, 2.45) is 0 Å². The molecule has 1 N–H and O–H groups in total. The Balaban J connectivity index is 1.54. The van der Waals surface area contributed by atoms with Gasteiger partial charge in [0.05, 0.1) is 36.8 Å². The second-order valence-corrected chi connectivity index (χ2v) is 7.12. The van der Waals surface area contributed by atoms with Gasteiger partial charge in [-0.15, -0.1) is 0 Å². The number of nitrogens with one attached hydrogen (secondary N) is 1. The number of amides is 1. The van der Waals surface area contributed by atoms with E-state index in [-0.39, 0.29) is 5.69 Å². The Labute approximate surface area is 172 Å². The summed E-state index contributed by atoms with van der Waals surface area (Å²) in [7, 11) is 0. The Morgan fingerprint density at radius 1 is 1.07 bits per heavy atom. The fourth-order valence-electron chi connectivity index (χ4n) is 3.55. The third-order valence-electron chi connectivity index (χ3n) is 5.07. The van der Waals surface area contributed by atoms with E-state index in [2.05, 4.69) is 5.32 Å². The van der Waals surface area contributed by atoms with Crippen LogP contribution >= 0.6 is 0 Å². The summed E-state index contributed by atoms with van der Waals surface area (Å²) in [5, 5.41) is 2.61. The van der Waals surface area contributed by atoms with Crippen molar-refractivity contribution in [1.29, 1.82) is 0 Å². The molecule has 1 saturated heterocycles. The largest absolute Gasteiger partial charge is 0.493 e. The molecule has 30 heavy (non-hydrogen) atoms. The van der Waals surface area contributed by atoms with E-state index < -0.39 is 17.6 Å². The molecule has 0 spiro atoms. The third kappa shape index (κ3) is 4.59. The molecular weight excluding hydrogens is 397 g/mol.